The number of fused-ring (bicyclic) bond motifs is 1. The van der Waals surface area contributed by atoms with Crippen LogP contribution < -0.4 is 0 Å². The average Bonchev–Trinajstić information content (AvgIpc) is 2.49. The molecule has 2 aromatic heterocycles. The van der Waals surface area contributed by atoms with E-state index in [9.17, 15) is 0 Å². The quantitative estimate of drug-likeness (QED) is 0.695. The molecule has 0 aliphatic rings. The zero-order valence-corrected chi connectivity index (χ0v) is 7.20. The van der Waals surface area contributed by atoms with Crippen molar-refractivity contribution in [1.82, 2.24) is 15.2 Å². The Balaban J connectivity index is 2.60. The molecule has 3 nitrogen and oxygen atoms in total. The van der Waals surface area contributed by atoms with E-state index < -0.39 is 0 Å². The smallest absolute Gasteiger partial charge is 0.155 e. The SMILES string of the molecule is CC(C)c1ccc2cn[nH]c2n1. The maximum Gasteiger partial charge on any atom is 0.155 e. The van der Waals surface area contributed by atoms with Crippen molar-refractivity contribution in [3.8, 4) is 0 Å². The molecule has 0 saturated carbocycles. The molecule has 12 heavy (non-hydrogen) atoms. The van der Waals surface area contributed by atoms with Crippen molar-refractivity contribution in [3.05, 3.63) is 24.0 Å². The Morgan fingerprint density at radius 3 is 2.92 bits per heavy atom. The highest BCUT2D eigenvalue weighted by Gasteiger charge is 2.02. The van der Waals surface area contributed by atoms with Crippen LogP contribution in [0.25, 0.3) is 11.0 Å². The van der Waals surface area contributed by atoms with Crippen molar-refractivity contribution in [1.29, 1.82) is 0 Å². The van der Waals surface area contributed by atoms with Gasteiger partial charge in [0.1, 0.15) is 0 Å². The van der Waals surface area contributed by atoms with Gasteiger partial charge in [0, 0.05) is 11.1 Å². The van der Waals surface area contributed by atoms with E-state index in [0.717, 1.165) is 16.7 Å². The summed E-state index contributed by atoms with van der Waals surface area (Å²) in [6.45, 7) is 4.26. The topological polar surface area (TPSA) is 41.6 Å². The molecule has 0 aromatic carbocycles. The lowest BCUT2D eigenvalue weighted by Crippen LogP contribution is -1.91. The molecule has 0 atom stereocenters. The van der Waals surface area contributed by atoms with Gasteiger partial charge in [-0.1, -0.05) is 13.8 Å². The van der Waals surface area contributed by atoms with Crippen LogP contribution in [0, 0.1) is 0 Å². The van der Waals surface area contributed by atoms with Crippen LogP contribution in [0.3, 0.4) is 0 Å². The summed E-state index contributed by atoms with van der Waals surface area (Å²) in [5.74, 6) is 0.470. The van der Waals surface area contributed by atoms with E-state index in [2.05, 4.69) is 29.0 Å². The van der Waals surface area contributed by atoms with Gasteiger partial charge in [0.2, 0.25) is 0 Å². The zero-order chi connectivity index (χ0) is 8.55. The molecule has 0 aliphatic carbocycles. The highest BCUT2D eigenvalue weighted by atomic mass is 15.1. The fourth-order valence-corrected chi connectivity index (χ4v) is 1.16. The van der Waals surface area contributed by atoms with Crippen LogP contribution in [0.1, 0.15) is 25.5 Å². The van der Waals surface area contributed by atoms with Crippen molar-refractivity contribution in [2.24, 2.45) is 0 Å². The second-order valence-electron chi connectivity index (χ2n) is 3.20. The molecule has 0 amide bonds. The highest BCUT2D eigenvalue weighted by Crippen LogP contribution is 2.14. The molecule has 0 radical (unpaired) electrons. The van der Waals surface area contributed by atoms with E-state index >= 15 is 0 Å². The number of H-pyrrole nitrogens is 1. The predicted molar refractivity (Wildman–Crippen MR) is 48.0 cm³/mol. The monoisotopic (exact) mass is 161 g/mol. The van der Waals surface area contributed by atoms with E-state index in [1.165, 1.54) is 0 Å². The van der Waals surface area contributed by atoms with Crippen molar-refractivity contribution in [2.45, 2.75) is 19.8 Å². The van der Waals surface area contributed by atoms with Gasteiger partial charge in [-0.05, 0) is 18.1 Å². The first-order valence-corrected chi connectivity index (χ1v) is 4.07. The van der Waals surface area contributed by atoms with E-state index in [-0.39, 0.29) is 0 Å². The number of pyridine rings is 1. The highest BCUT2D eigenvalue weighted by molar-refractivity contribution is 5.73. The van der Waals surface area contributed by atoms with Crippen LogP contribution in [-0.4, -0.2) is 15.2 Å². The summed E-state index contributed by atoms with van der Waals surface area (Å²) in [6, 6.07) is 4.09. The fourth-order valence-electron chi connectivity index (χ4n) is 1.16. The maximum atomic E-state index is 4.42. The summed E-state index contributed by atoms with van der Waals surface area (Å²) in [5.41, 5.74) is 1.98. The number of hydrogen-bond acceptors (Lipinski definition) is 2. The largest absolute Gasteiger partial charge is 0.261 e. The van der Waals surface area contributed by atoms with E-state index in [4.69, 9.17) is 0 Å². The van der Waals surface area contributed by atoms with E-state index in [1.807, 2.05) is 12.1 Å². The first-order chi connectivity index (χ1) is 5.77. The number of nitrogens with one attached hydrogen (secondary N) is 1. The van der Waals surface area contributed by atoms with Crippen molar-refractivity contribution in [3.63, 3.8) is 0 Å². The third-order valence-corrected chi connectivity index (χ3v) is 1.91. The Hall–Kier alpha value is -1.38. The molecule has 0 bridgehead atoms. The molecule has 62 valence electrons. The van der Waals surface area contributed by atoms with Gasteiger partial charge in [0.15, 0.2) is 5.65 Å². The Kier molecular flexibility index (Phi) is 1.57. The van der Waals surface area contributed by atoms with Crippen molar-refractivity contribution >= 4 is 11.0 Å². The Morgan fingerprint density at radius 2 is 2.17 bits per heavy atom. The Labute approximate surface area is 70.8 Å². The van der Waals surface area contributed by atoms with E-state index in [0.29, 0.717) is 5.92 Å². The molecule has 0 saturated heterocycles. The van der Waals surface area contributed by atoms with E-state index in [1.54, 1.807) is 6.20 Å². The van der Waals surface area contributed by atoms with Crippen molar-refractivity contribution < 1.29 is 0 Å². The normalized spacial score (nSPS) is 11.2. The lowest BCUT2D eigenvalue weighted by molar-refractivity contribution is 0.827. The summed E-state index contributed by atoms with van der Waals surface area (Å²) >= 11 is 0. The predicted octanol–water partition coefficient (Wildman–Crippen LogP) is 2.08. The van der Waals surface area contributed by atoms with Gasteiger partial charge in [0.25, 0.3) is 0 Å². The zero-order valence-electron chi connectivity index (χ0n) is 7.20. The number of rotatable bonds is 1. The van der Waals surface area contributed by atoms with Gasteiger partial charge in [-0.3, -0.25) is 5.10 Å². The molecule has 0 unspecified atom stereocenters. The van der Waals surface area contributed by atoms with Crippen LogP contribution in [0.2, 0.25) is 0 Å². The third kappa shape index (κ3) is 1.07. The molecule has 0 fully saturated rings. The molecule has 2 heterocycles. The number of nitrogens with zero attached hydrogens (tertiary/aromatic N) is 2. The molecular formula is C9H11N3. The molecular weight excluding hydrogens is 150 g/mol. The van der Waals surface area contributed by atoms with Crippen LogP contribution >= 0.6 is 0 Å². The summed E-state index contributed by atoms with van der Waals surface area (Å²) < 4.78 is 0. The average molecular weight is 161 g/mol. The minimum absolute atomic E-state index is 0.470. The minimum atomic E-state index is 0.470. The lowest BCUT2D eigenvalue weighted by atomic mass is 10.1. The standard InChI is InChI=1S/C9H11N3/c1-6(2)8-4-3-7-5-10-12-9(7)11-8/h3-6H,1-2H3,(H,10,11,12). The van der Waals surface area contributed by atoms with Gasteiger partial charge < -0.3 is 0 Å². The Bertz CT molecular complexity index is 389. The fraction of sp³-hybridized carbons (Fsp3) is 0.333. The van der Waals surface area contributed by atoms with Gasteiger partial charge in [-0.15, -0.1) is 0 Å². The molecule has 1 N–H and O–H groups in total. The second-order valence-corrected chi connectivity index (χ2v) is 3.20. The second kappa shape index (κ2) is 2.59. The first kappa shape index (κ1) is 7.28. The molecule has 0 spiro atoms. The number of aromatic nitrogens is 3. The Morgan fingerprint density at radius 1 is 1.33 bits per heavy atom. The number of aromatic amines is 1. The lowest BCUT2D eigenvalue weighted by Gasteiger charge is -2.02. The van der Waals surface area contributed by atoms with Crippen LogP contribution in [0.4, 0.5) is 0 Å². The van der Waals surface area contributed by atoms with Crippen molar-refractivity contribution in [2.75, 3.05) is 0 Å². The molecule has 0 aliphatic heterocycles. The van der Waals surface area contributed by atoms with Gasteiger partial charge in [0.05, 0.1) is 6.20 Å². The van der Waals surface area contributed by atoms with Crippen LogP contribution in [0.5, 0.6) is 0 Å². The minimum Gasteiger partial charge on any atom is -0.261 e. The molecule has 2 aromatic rings. The van der Waals surface area contributed by atoms with Crippen LogP contribution in [0.15, 0.2) is 18.3 Å². The third-order valence-electron chi connectivity index (χ3n) is 1.91. The number of hydrogen-bond donors (Lipinski definition) is 1. The van der Waals surface area contributed by atoms with Gasteiger partial charge in [-0.25, -0.2) is 4.98 Å². The van der Waals surface area contributed by atoms with Gasteiger partial charge in [-0.2, -0.15) is 5.10 Å². The molecule has 3 heteroatoms. The first-order valence-electron chi connectivity index (χ1n) is 4.07. The maximum absolute atomic E-state index is 4.42. The molecule has 2 rings (SSSR count). The summed E-state index contributed by atoms with van der Waals surface area (Å²) in [7, 11) is 0. The van der Waals surface area contributed by atoms with Crippen LogP contribution in [-0.2, 0) is 0 Å². The van der Waals surface area contributed by atoms with Gasteiger partial charge >= 0.3 is 0 Å². The summed E-state index contributed by atoms with van der Waals surface area (Å²) in [5, 5.41) is 7.84. The summed E-state index contributed by atoms with van der Waals surface area (Å²) in [6.07, 6.45) is 1.78. The summed E-state index contributed by atoms with van der Waals surface area (Å²) in [4.78, 5) is 4.42.